The Labute approximate surface area is 85.9 Å². The molecule has 80 valence electrons. The largest absolute Gasteiger partial charge is 0.463 e. The summed E-state index contributed by atoms with van der Waals surface area (Å²) in [6.45, 7) is 6.23. The molecule has 2 rings (SSSR count). The second-order valence-corrected chi connectivity index (χ2v) is 4.68. The van der Waals surface area contributed by atoms with Crippen LogP contribution in [0.25, 0.3) is 0 Å². The van der Waals surface area contributed by atoms with E-state index in [9.17, 15) is 0 Å². The molecule has 0 saturated heterocycles. The van der Waals surface area contributed by atoms with Gasteiger partial charge in [0.1, 0.15) is 6.61 Å². The van der Waals surface area contributed by atoms with E-state index in [4.69, 9.17) is 4.74 Å². The average molecular weight is 196 g/mol. The molecule has 1 fully saturated rings. The molecule has 1 N–H and O–H groups in total. The number of ether oxygens (including phenoxy) is 1. The molecule has 2 aliphatic rings. The first-order valence-electron chi connectivity index (χ1n) is 5.69. The lowest BCUT2D eigenvalue weighted by Crippen LogP contribution is -2.42. The Morgan fingerprint density at radius 1 is 1.36 bits per heavy atom. The lowest BCUT2D eigenvalue weighted by molar-refractivity contribution is 0.232. The molecule has 3 atom stereocenters. The van der Waals surface area contributed by atoms with Crippen LogP contribution in [0.3, 0.4) is 0 Å². The smallest absolute Gasteiger partial charge is 0.285 e. The fraction of sp³-hybridized carbons (Fsp3) is 0.909. The minimum Gasteiger partial charge on any atom is -0.463 e. The molecule has 3 heteroatoms. The van der Waals surface area contributed by atoms with E-state index in [1.54, 1.807) is 0 Å². The van der Waals surface area contributed by atoms with Crippen LogP contribution < -0.4 is 5.32 Å². The molecule has 0 bridgehead atoms. The summed E-state index contributed by atoms with van der Waals surface area (Å²) in [4.78, 5) is 4.27. The third-order valence-corrected chi connectivity index (χ3v) is 3.33. The molecule has 0 aromatic rings. The van der Waals surface area contributed by atoms with Crippen molar-refractivity contribution in [3.63, 3.8) is 0 Å². The third-order valence-electron chi connectivity index (χ3n) is 3.33. The summed E-state index contributed by atoms with van der Waals surface area (Å²) >= 11 is 0. The maximum absolute atomic E-state index is 5.37. The van der Waals surface area contributed by atoms with E-state index in [-0.39, 0.29) is 0 Å². The first kappa shape index (κ1) is 9.81. The number of hydrogen-bond acceptors (Lipinski definition) is 3. The molecule has 1 aliphatic carbocycles. The standard InChI is InChI=1S/C11H20N2O/c1-8-3-4-10(9(2)7-8)13-11-12-5-6-14-11/h8-10H,3-7H2,1-2H3,(H,12,13). The van der Waals surface area contributed by atoms with Crippen LogP contribution in [0, 0.1) is 11.8 Å². The Balaban J connectivity index is 1.85. The lowest BCUT2D eigenvalue weighted by atomic mass is 9.80. The quantitative estimate of drug-likeness (QED) is 0.693. The van der Waals surface area contributed by atoms with Crippen LogP contribution in [0.4, 0.5) is 0 Å². The van der Waals surface area contributed by atoms with Gasteiger partial charge in [0.05, 0.1) is 6.54 Å². The summed E-state index contributed by atoms with van der Waals surface area (Å²) in [6, 6.07) is 1.35. The van der Waals surface area contributed by atoms with Gasteiger partial charge in [0.2, 0.25) is 0 Å². The van der Waals surface area contributed by atoms with Gasteiger partial charge in [0.15, 0.2) is 0 Å². The minimum absolute atomic E-state index is 0.572. The lowest BCUT2D eigenvalue weighted by Gasteiger charge is -2.33. The number of nitrogens with one attached hydrogen (secondary N) is 1. The Kier molecular flexibility index (Phi) is 2.94. The van der Waals surface area contributed by atoms with E-state index < -0.39 is 0 Å². The van der Waals surface area contributed by atoms with Crippen molar-refractivity contribution >= 4 is 6.02 Å². The van der Waals surface area contributed by atoms with Crippen LogP contribution in [0.1, 0.15) is 33.1 Å². The van der Waals surface area contributed by atoms with Crippen LogP contribution in [0.2, 0.25) is 0 Å². The SMILES string of the molecule is CC1CCC(NC2=NCCO2)C(C)C1. The molecule has 1 saturated carbocycles. The Bertz CT molecular complexity index is 227. The van der Waals surface area contributed by atoms with E-state index >= 15 is 0 Å². The van der Waals surface area contributed by atoms with Crippen molar-refractivity contribution in [2.24, 2.45) is 16.8 Å². The van der Waals surface area contributed by atoms with Crippen LogP contribution in [-0.2, 0) is 4.74 Å². The summed E-state index contributed by atoms with van der Waals surface area (Å²) in [5, 5.41) is 3.42. The molecule has 1 aliphatic heterocycles. The third kappa shape index (κ3) is 2.20. The average Bonchev–Trinajstić information content (AvgIpc) is 2.62. The topological polar surface area (TPSA) is 33.6 Å². The van der Waals surface area contributed by atoms with Crippen molar-refractivity contribution in [3.8, 4) is 0 Å². The van der Waals surface area contributed by atoms with E-state index in [2.05, 4.69) is 24.2 Å². The van der Waals surface area contributed by atoms with Gasteiger partial charge >= 0.3 is 0 Å². The minimum atomic E-state index is 0.572. The predicted octanol–water partition coefficient (Wildman–Crippen LogP) is 1.79. The monoisotopic (exact) mass is 196 g/mol. The number of rotatable bonds is 1. The highest BCUT2D eigenvalue weighted by atomic mass is 16.5. The molecule has 0 spiro atoms. The van der Waals surface area contributed by atoms with E-state index in [1.807, 2.05) is 0 Å². The molecule has 0 amide bonds. The Morgan fingerprint density at radius 3 is 2.86 bits per heavy atom. The van der Waals surface area contributed by atoms with Gasteiger partial charge < -0.3 is 10.1 Å². The van der Waals surface area contributed by atoms with Crippen LogP contribution >= 0.6 is 0 Å². The molecule has 0 aromatic heterocycles. The number of amidine groups is 1. The van der Waals surface area contributed by atoms with Gasteiger partial charge in [-0.25, -0.2) is 4.99 Å². The van der Waals surface area contributed by atoms with E-state index in [0.717, 1.165) is 31.0 Å². The molecule has 0 aromatic carbocycles. The van der Waals surface area contributed by atoms with Gasteiger partial charge in [0, 0.05) is 6.04 Å². The highest BCUT2D eigenvalue weighted by Crippen LogP contribution is 2.28. The highest BCUT2D eigenvalue weighted by Gasteiger charge is 2.26. The van der Waals surface area contributed by atoms with Crippen molar-refractivity contribution in [3.05, 3.63) is 0 Å². The molecular formula is C11H20N2O. The summed E-state index contributed by atoms with van der Waals surface area (Å²) in [7, 11) is 0. The van der Waals surface area contributed by atoms with Crippen molar-refractivity contribution in [2.75, 3.05) is 13.2 Å². The summed E-state index contributed by atoms with van der Waals surface area (Å²) in [5.41, 5.74) is 0. The van der Waals surface area contributed by atoms with Crippen molar-refractivity contribution in [1.29, 1.82) is 0 Å². The van der Waals surface area contributed by atoms with Crippen LogP contribution in [0.5, 0.6) is 0 Å². The number of hydrogen-bond donors (Lipinski definition) is 1. The fourth-order valence-corrected chi connectivity index (χ4v) is 2.46. The normalized spacial score (nSPS) is 37.6. The van der Waals surface area contributed by atoms with Gasteiger partial charge in [-0.1, -0.05) is 13.8 Å². The molecule has 1 heterocycles. The Morgan fingerprint density at radius 2 is 2.21 bits per heavy atom. The number of nitrogens with zero attached hydrogens (tertiary/aromatic N) is 1. The molecule has 14 heavy (non-hydrogen) atoms. The first-order valence-corrected chi connectivity index (χ1v) is 5.69. The van der Waals surface area contributed by atoms with E-state index in [0.29, 0.717) is 6.04 Å². The zero-order chi connectivity index (χ0) is 9.97. The maximum atomic E-state index is 5.37. The summed E-state index contributed by atoms with van der Waals surface area (Å²) in [6.07, 6.45) is 3.91. The summed E-state index contributed by atoms with van der Waals surface area (Å²) in [5.74, 6) is 1.63. The maximum Gasteiger partial charge on any atom is 0.285 e. The van der Waals surface area contributed by atoms with Gasteiger partial charge in [-0.3, -0.25) is 0 Å². The molecule has 0 radical (unpaired) electrons. The molecule has 3 nitrogen and oxygen atoms in total. The zero-order valence-electron chi connectivity index (χ0n) is 9.12. The van der Waals surface area contributed by atoms with Crippen molar-refractivity contribution < 1.29 is 4.74 Å². The van der Waals surface area contributed by atoms with E-state index in [1.165, 1.54) is 19.3 Å². The van der Waals surface area contributed by atoms with Gasteiger partial charge in [-0.05, 0) is 31.1 Å². The second-order valence-electron chi connectivity index (χ2n) is 4.68. The predicted molar refractivity (Wildman–Crippen MR) is 57.4 cm³/mol. The second kappa shape index (κ2) is 4.20. The number of aliphatic imine (C=N–C) groups is 1. The Hall–Kier alpha value is -0.730. The summed E-state index contributed by atoms with van der Waals surface area (Å²) < 4.78 is 5.37. The molecular weight excluding hydrogens is 176 g/mol. The van der Waals surface area contributed by atoms with Crippen molar-refractivity contribution in [2.45, 2.75) is 39.2 Å². The van der Waals surface area contributed by atoms with Crippen LogP contribution in [0.15, 0.2) is 4.99 Å². The highest BCUT2D eigenvalue weighted by molar-refractivity contribution is 5.75. The van der Waals surface area contributed by atoms with Gasteiger partial charge in [-0.15, -0.1) is 0 Å². The first-order chi connectivity index (χ1) is 6.75. The molecule has 3 unspecified atom stereocenters. The van der Waals surface area contributed by atoms with Crippen molar-refractivity contribution in [1.82, 2.24) is 5.32 Å². The van der Waals surface area contributed by atoms with Crippen LogP contribution in [-0.4, -0.2) is 25.2 Å². The van der Waals surface area contributed by atoms with Gasteiger partial charge in [0.25, 0.3) is 6.02 Å². The van der Waals surface area contributed by atoms with Gasteiger partial charge in [-0.2, -0.15) is 0 Å². The fourth-order valence-electron chi connectivity index (χ4n) is 2.46. The zero-order valence-corrected chi connectivity index (χ0v) is 9.12.